The van der Waals surface area contributed by atoms with E-state index in [0.29, 0.717) is 17.9 Å². The summed E-state index contributed by atoms with van der Waals surface area (Å²) in [6.07, 6.45) is -0.109. The number of carbonyl (C=O) groups excluding carboxylic acids is 1. The van der Waals surface area contributed by atoms with Crippen molar-refractivity contribution in [2.24, 2.45) is 0 Å². The van der Waals surface area contributed by atoms with Gasteiger partial charge in [0.15, 0.2) is 0 Å². The van der Waals surface area contributed by atoms with Crippen LogP contribution in [0.5, 0.6) is 0 Å². The Kier molecular flexibility index (Phi) is 9.04. The molecule has 0 aliphatic rings. The maximum absolute atomic E-state index is 12.0. The summed E-state index contributed by atoms with van der Waals surface area (Å²) < 4.78 is 26.6. The first-order valence-electron chi connectivity index (χ1n) is 6.94. The Balaban J connectivity index is 0.00000288. The number of thioether (sulfide) groups is 1. The van der Waals surface area contributed by atoms with Crippen LogP contribution in [-0.2, 0) is 21.2 Å². The first-order chi connectivity index (χ1) is 11.0. The number of sulfonamides is 1. The van der Waals surface area contributed by atoms with Crippen LogP contribution in [0, 0.1) is 0 Å². The summed E-state index contributed by atoms with van der Waals surface area (Å²) in [5.74, 6) is -0.535. The normalized spacial score (nSPS) is 10.8. The predicted octanol–water partition coefficient (Wildman–Crippen LogP) is -1.95. The molecular weight excluding hydrogens is 357 g/mol. The molecule has 1 N–H and O–H groups in total. The van der Waals surface area contributed by atoms with Crippen molar-refractivity contribution in [3.63, 3.8) is 0 Å². The van der Waals surface area contributed by atoms with E-state index in [4.69, 9.17) is 0 Å². The van der Waals surface area contributed by atoms with Crippen LogP contribution < -0.4 is 39.4 Å². The van der Waals surface area contributed by atoms with Crippen molar-refractivity contribution in [2.45, 2.75) is 16.2 Å². The van der Waals surface area contributed by atoms with Gasteiger partial charge in [-0.3, -0.25) is 0 Å². The Morgan fingerprint density at radius 1 is 1.04 bits per heavy atom. The van der Waals surface area contributed by atoms with Crippen molar-refractivity contribution in [1.29, 1.82) is 0 Å². The van der Waals surface area contributed by atoms with Crippen LogP contribution in [0.1, 0.15) is 5.56 Å². The summed E-state index contributed by atoms with van der Waals surface area (Å²) >= 11 is 1.49. The molecule has 0 aliphatic heterocycles. The summed E-state index contributed by atoms with van der Waals surface area (Å²) in [6, 6.07) is 15.3. The Labute approximate surface area is 168 Å². The molecule has 24 heavy (non-hydrogen) atoms. The SMILES string of the molecule is O=C([O-])Cc1ccc(SCCNS(=O)(=O)c2ccccc2)cc1.[Na+]. The summed E-state index contributed by atoms with van der Waals surface area (Å²) in [7, 11) is -3.47. The molecule has 0 aliphatic carbocycles. The molecule has 0 bridgehead atoms. The number of carbonyl (C=O) groups is 1. The van der Waals surface area contributed by atoms with E-state index in [0.717, 1.165) is 4.90 Å². The van der Waals surface area contributed by atoms with Crippen LogP contribution in [0.25, 0.3) is 0 Å². The predicted molar refractivity (Wildman–Crippen MR) is 87.5 cm³/mol. The van der Waals surface area contributed by atoms with Crippen LogP contribution in [0.15, 0.2) is 64.4 Å². The molecule has 2 rings (SSSR count). The minimum absolute atomic E-state index is 0. The number of hydrogen-bond acceptors (Lipinski definition) is 5. The first kappa shape index (κ1) is 21.2. The van der Waals surface area contributed by atoms with Gasteiger partial charge in [-0.1, -0.05) is 30.3 Å². The molecule has 0 saturated heterocycles. The van der Waals surface area contributed by atoms with E-state index >= 15 is 0 Å². The van der Waals surface area contributed by atoms with Crippen LogP contribution in [0.4, 0.5) is 0 Å². The largest absolute Gasteiger partial charge is 1.00 e. The Hall–Kier alpha value is -0.830. The van der Waals surface area contributed by atoms with Gasteiger partial charge in [-0.25, -0.2) is 13.1 Å². The van der Waals surface area contributed by atoms with Gasteiger partial charge in [-0.05, 0) is 29.8 Å². The maximum Gasteiger partial charge on any atom is 1.00 e. The minimum atomic E-state index is -3.47. The molecule has 2 aromatic carbocycles. The van der Waals surface area contributed by atoms with E-state index in [2.05, 4.69) is 4.72 Å². The average molecular weight is 373 g/mol. The molecule has 0 fully saturated rings. The van der Waals surface area contributed by atoms with Crippen LogP contribution in [-0.4, -0.2) is 26.7 Å². The topological polar surface area (TPSA) is 86.3 Å². The molecule has 0 spiro atoms. The van der Waals surface area contributed by atoms with Gasteiger partial charge in [0.05, 0.1) is 4.90 Å². The van der Waals surface area contributed by atoms with E-state index < -0.39 is 16.0 Å². The molecule has 0 unspecified atom stereocenters. The number of hydrogen-bond donors (Lipinski definition) is 1. The van der Waals surface area contributed by atoms with Crippen LogP contribution >= 0.6 is 11.8 Å². The van der Waals surface area contributed by atoms with E-state index in [9.17, 15) is 18.3 Å². The van der Waals surface area contributed by atoms with Crippen molar-refractivity contribution in [2.75, 3.05) is 12.3 Å². The Morgan fingerprint density at radius 2 is 1.67 bits per heavy atom. The fraction of sp³-hybridized carbons (Fsp3) is 0.188. The molecule has 2 aromatic rings. The fourth-order valence-electron chi connectivity index (χ4n) is 1.90. The number of carboxylic acids is 1. The number of aliphatic carboxylic acids is 1. The zero-order valence-electron chi connectivity index (χ0n) is 13.3. The summed E-state index contributed by atoms with van der Waals surface area (Å²) in [5, 5.41) is 10.5. The third-order valence-electron chi connectivity index (χ3n) is 2.99. The van der Waals surface area contributed by atoms with Gasteiger partial charge in [-0.15, -0.1) is 11.8 Å². The fourth-order valence-corrected chi connectivity index (χ4v) is 3.85. The second-order valence-corrected chi connectivity index (χ2v) is 7.69. The van der Waals surface area contributed by atoms with Crippen molar-refractivity contribution in [1.82, 2.24) is 4.72 Å². The molecule has 0 amide bonds. The van der Waals surface area contributed by atoms with Gasteiger partial charge in [0.2, 0.25) is 10.0 Å². The summed E-state index contributed by atoms with van der Waals surface area (Å²) in [6.45, 7) is 0.308. The van der Waals surface area contributed by atoms with E-state index in [1.165, 1.54) is 11.8 Å². The molecule has 0 atom stereocenters. The molecule has 8 heteroatoms. The smallest absolute Gasteiger partial charge is 0.550 e. The third kappa shape index (κ3) is 6.96. The van der Waals surface area contributed by atoms with E-state index in [1.807, 2.05) is 12.1 Å². The molecule has 0 aromatic heterocycles. The van der Waals surface area contributed by atoms with Gasteiger partial charge >= 0.3 is 29.6 Å². The quantitative estimate of drug-likeness (QED) is 0.330. The monoisotopic (exact) mass is 373 g/mol. The van der Waals surface area contributed by atoms with Gasteiger partial charge in [0, 0.05) is 29.6 Å². The summed E-state index contributed by atoms with van der Waals surface area (Å²) in [4.78, 5) is 11.7. The zero-order valence-corrected chi connectivity index (χ0v) is 16.9. The Morgan fingerprint density at radius 3 is 2.25 bits per heavy atom. The second kappa shape index (κ2) is 10.2. The van der Waals surface area contributed by atoms with Gasteiger partial charge in [-0.2, -0.15) is 0 Å². The number of benzene rings is 2. The first-order valence-corrected chi connectivity index (χ1v) is 9.40. The summed E-state index contributed by atoms with van der Waals surface area (Å²) in [5.41, 5.74) is 0.680. The van der Waals surface area contributed by atoms with Crippen molar-refractivity contribution in [3.05, 3.63) is 60.2 Å². The molecule has 5 nitrogen and oxygen atoms in total. The third-order valence-corrected chi connectivity index (χ3v) is 5.48. The Bertz CT molecular complexity index is 749. The van der Waals surface area contributed by atoms with Crippen molar-refractivity contribution in [3.8, 4) is 0 Å². The standard InChI is InChI=1S/C16H17NO4S2.Na/c18-16(19)12-13-6-8-14(9-7-13)22-11-10-17-23(20,21)15-4-2-1-3-5-15;/h1-9,17H,10-12H2,(H,18,19);/q;+1/p-1. The number of nitrogens with one attached hydrogen (secondary N) is 1. The molecule has 122 valence electrons. The molecular formula is C16H16NNaO4S2. The molecule has 0 heterocycles. The van der Waals surface area contributed by atoms with Crippen molar-refractivity contribution >= 4 is 27.8 Å². The van der Waals surface area contributed by atoms with Crippen molar-refractivity contribution < 1.29 is 47.9 Å². The number of rotatable bonds is 8. The van der Waals surface area contributed by atoms with Gasteiger partial charge in [0.1, 0.15) is 0 Å². The van der Waals surface area contributed by atoms with Gasteiger partial charge in [0.25, 0.3) is 0 Å². The van der Waals surface area contributed by atoms with Crippen LogP contribution in [0.3, 0.4) is 0 Å². The van der Waals surface area contributed by atoms with Crippen LogP contribution in [0.2, 0.25) is 0 Å². The molecule has 0 radical (unpaired) electrons. The van der Waals surface area contributed by atoms with E-state index in [1.54, 1.807) is 42.5 Å². The number of carboxylic acid groups (broad SMARTS) is 1. The van der Waals surface area contributed by atoms with Gasteiger partial charge < -0.3 is 9.90 Å². The minimum Gasteiger partial charge on any atom is -0.550 e. The maximum atomic E-state index is 12.0. The average Bonchev–Trinajstić information content (AvgIpc) is 2.53. The van der Waals surface area contributed by atoms with E-state index in [-0.39, 0.29) is 40.9 Å². The second-order valence-electron chi connectivity index (χ2n) is 4.75. The molecule has 0 saturated carbocycles. The zero-order chi connectivity index (χ0) is 16.7.